The van der Waals surface area contributed by atoms with Crippen molar-refractivity contribution in [1.29, 1.82) is 0 Å². The fourth-order valence-corrected chi connectivity index (χ4v) is 2.59. The molecule has 0 unspecified atom stereocenters. The van der Waals surface area contributed by atoms with Crippen molar-refractivity contribution in [2.24, 2.45) is 0 Å². The summed E-state index contributed by atoms with van der Waals surface area (Å²) in [6.07, 6.45) is -0.205. The lowest BCUT2D eigenvalue weighted by atomic mass is 10.1. The number of rotatable bonds is 4. The van der Waals surface area contributed by atoms with Gasteiger partial charge in [0.2, 0.25) is 0 Å². The van der Waals surface area contributed by atoms with Gasteiger partial charge < -0.3 is 9.64 Å². The molecule has 110 valence electrons. The third kappa shape index (κ3) is 3.49. The van der Waals surface area contributed by atoms with Crippen molar-refractivity contribution in [1.82, 2.24) is 0 Å². The van der Waals surface area contributed by atoms with Crippen molar-refractivity contribution in [2.75, 3.05) is 11.9 Å². The predicted octanol–water partition coefficient (Wildman–Crippen LogP) is 3.59. The van der Waals surface area contributed by atoms with Crippen molar-refractivity contribution in [2.45, 2.75) is 20.0 Å². The summed E-state index contributed by atoms with van der Waals surface area (Å²) in [5.41, 5.74) is 0.931. The van der Waals surface area contributed by atoms with Crippen molar-refractivity contribution < 1.29 is 14.3 Å². The van der Waals surface area contributed by atoms with Crippen LogP contribution in [0.3, 0.4) is 0 Å². The first kappa shape index (κ1) is 15.3. The number of hydrogen-bond donors (Lipinski definition) is 0. The smallest absolute Gasteiger partial charge is 0.340 e. The van der Waals surface area contributed by atoms with Crippen molar-refractivity contribution in [3.8, 4) is 0 Å². The van der Waals surface area contributed by atoms with Crippen molar-refractivity contribution in [3.63, 3.8) is 0 Å². The lowest BCUT2D eigenvalue weighted by molar-refractivity contribution is 0.0379. The lowest BCUT2D eigenvalue weighted by Crippen LogP contribution is -2.27. The Hall–Kier alpha value is -2.14. The van der Waals surface area contributed by atoms with Crippen LogP contribution in [0.1, 0.15) is 33.9 Å². The van der Waals surface area contributed by atoms with Gasteiger partial charge in [0.1, 0.15) is 0 Å². The highest BCUT2D eigenvalue weighted by atomic mass is 32.1. The Morgan fingerprint density at radius 1 is 1.14 bits per heavy atom. The van der Waals surface area contributed by atoms with Gasteiger partial charge in [-0.15, -0.1) is 11.3 Å². The van der Waals surface area contributed by atoms with Crippen LogP contribution in [0.4, 0.5) is 5.69 Å². The minimum absolute atomic E-state index is 0.144. The summed E-state index contributed by atoms with van der Waals surface area (Å²) < 4.78 is 5.22. The maximum Gasteiger partial charge on any atom is 0.340 e. The standard InChI is InChI=1S/C16H17NO3S/c1-11(2)20-16(19)12-7-4-5-8-13(12)17(3)15(18)14-9-6-10-21-14/h4-11H,1-3H3. The number of carbonyl (C=O) groups excluding carboxylic acids is 2. The monoisotopic (exact) mass is 303 g/mol. The molecule has 21 heavy (non-hydrogen) atoms. The van der Waals surface area contributed by atoms with E-state index in [1.54, 1.807) is 51.2 Å². The van der Waals surface area contributed by atoms with E-state index in [4.69, 9.17) is 4.74 Å². The molecule has 0 aliphatic rings. The van der Waals surface area contributed by atoms with Gasteiger partial charge in [-0.05, 0) is 37.4 Å². The average molecular weight is 303 g/mol. The molecule has 1 heterocycles. The number of ether oxygens (including phenoxy) is 1. The van der Waals surface area contributed by atoms with Gasteiger partial charge in [0.05, 0.1) is 22.2 Å². The van der Waals surface area contributed by atoms with Crippen LogP contribution in [0.25, 0.3) is 0 Å². The lowest BCUT2D eigenvalue weighted by Gasteiger charge is -2.20. The van der Waals surface area contributed by atoms with Crippen LogP contribution in [0.15, 0.2) is 41.8 Å². The molecule has 2 aromatic rings. The van der Waals surface area contributed by atoms with Crippen LogP contribution in [-0.4, -0.2) is 25.0 Å². The highest BCUT2D eigenvalue weighted by molar-refractivity contribution is 7.12. The highest BCUT2D eigenvalue weighted by Gasteiger charge is 2.21. The zero-order valence-corrected chi connectivity index (χ0v) is 13.0. The van der Waals surface area contributed by atoms with Crippen LogP contribution >= 0.6 is 11.3 Å². The molecule has 0 saturated heterocycles. The number of thiophene rings is 1. The molecule has 0 atom stereocenters. The number of carbonyl (C=O) groups is 2. The number of para-hydroxylation sites is 1. The minimum Gasteiger partial charge on any atom is -0.459 e. The fraction of sp³-hybridized carbons (Fsp3) is 0.250. The zero-order chi connectivity index (χ0) is 15.4. The van der Waals surface area contributed by atoms with E-state index in [-0.39, 0.29) is 12.0 Å². The summed E-state index contributed by atoms with van der Waals surface area (Å²) in [4.78, 5) is 26.6. The van der Waals surface area contributed by atoms with Gasteiger partial charge >= 0.3 is 5.97 Å². The van der Waals surface area contributed by atoms with E-state index in [1.165, 1.54) is 16.2 Å². The Morgan fingerprint density at radius 3 is 2.48 bits per heavy atom. The minimum atomic E-state index is -0.425. The molecule has 0 N–H and O–H groups in total. The number of benzene rings is 1. The summed E-state index contributed by atoms with van der Waals surface area (Å²) in [6, 6.07) is 10.5. The molecule has 1 amide bonds. The Bertz CT molecular complexity index is 635. The van der Waals surface area contributed by atoms with E-state index in [2.05, 4.69) is 0 Å². The van der Waals surface area contributed by atoms with Crippen LogP contribution < -0.4 is 4.90 Å². The maximum atomic E-state index is 12.4. The van der Waals surface area contributed by atoms with Crippen LogP contribution in [0.5, 0.6) is 0 Å². The molecule has 1 aromatic carbocycles. The number of hydrogen-bond acceptors (Lipinski definition) is 4. The first-order chi connectivity index (χ1) is 10.0. The van der Waals surface area contributed by atoms with Crippen molar-refractivity contribution >= 4 is 28.9 Å². The second kappa shape index (κ2) is 6.54. The second-order valence-electron chi connectivity index (χ2n) is 4.81. The molecule has 4 nitrogen and oxygen atoms in total. The second-order valence-corrected chi connectivity index (χ2v) is 5.76. The predicted molar refractivity (Wildman–Crippen MR) is 84.0 cm³/mol. The highest BCUT2D eigenvalue weighted by Crippen LogP contribution is 2.23. The number of esters is 1. The van der Waals surface area contributed by atoms with Gasteiger partial charge in [0.25, 0.3) is 5.91 Å². The largest absolute Gasteiger partial charge is 0.459 e. The SMILES string of the molecule is CC(C)OC(=O)c1ccccc1N(C)C(=O)c1cccs1. The molecule has 0 radical (unpaired) electrons. The Labute approximate surface area is 128 Å². The molecule has 1 aromatic heterocycles. The van der Waals surface area contributed by atoms with Gasteiger partial charge in [-0.25, -0.2) is 4.79 Å². The van der Waals surface area contributed by atoms with Gasteiger partial charge in [-0.1, -0.05) is 18.2 Å². The molecular formula is C16H17NO3S. The third-order valence-electron chi connectivity index (χ3n) is 2.86. The van der Waals surface area contributed by atoms with E-state index < -0.39 is 5.97 Å². The molecule has 0 fully saturated rings. The number of anilines is 1. The normalized spacial score (nSPS) is 10.5. The molecule has 2 rings (SSSR count). The van der Waals surface area contributed by atoms with E-state index in [9.17, 15) is 9.59 Å². The van der Waals surface area contributed by atoms with E-state index in [1.807, 2.05) is 11.4 Å². The molecule has 0 bridgehead atoms. The summed E-state index contributed by atoms with van der Waals surface area (Å²) >= 11 is 1.37. The first-order valence-electron chi connectivity index (χ1n) is 6.62. The quantitative estimate of drug-likeness (QED) is 0.811. The molecule has 0 spiro atoms. The van der Waals surface area contributed by atoms with Gasteiger partial charge in [0, 0.05) is 7.05 Å². The van der Waals surface area contributed by atoms with Crippen LogP contribution in [-0.2, 0) is 4.74 Å². The molecular weight excluding hydrogens is 286 g/mol. The van der Waals surface area contributed by atoms with Gasteiger partial charge in [-0.2, -0.15) is 0 Å². The summed E-state index contributed by atoms with van der Waals surface area (Å²) in [6.45, 7) is 3.59. The topological polar surface area (TPSA) is 46.6 Å². The Kier molecular flexibility index (Phi) is 4.75. The maximum absolute atomic E-state index is 12.4. The summed E-state index contributed by atoms with van der Waals surface area (Å²) in [5, 5.41) is 1.85. The summed E-state index contributed by atoms with van der Waals surface area (Å²) in [5.74, 6) is -0.568. The summed E-state index contributed by atoms with van der Waals surface area (Å²) in [7, 11) is 1.66. The van der Waals surface area contributed by atoms with Crippen LogP contribution in [0, 0.1) is 0 Å². The Morgan fingerprint density at radius 2 is 1.86 bits per heavy atom. The van der Waals surface area contributed by atoms with Gasteiger partial charge in [-0.3, -0.25) is 4.79 Å². The molecule has 0 aliphatic heterocycles. The van der Waals surface area contributed by atoms with Crippen LogP contribution in [0.2, 0.25) is 0 Å². The third-order valence-corrected chi connectivity index (χ3v) is 3.72. The van der Waals surface area contributed by atoms with Gasteiger partial charge in [0.15, 0.2) is 0 Å². The average Bonchev–Trinajstić information content (AvgIpc) is 2.99. The first-order valence-corrected chi connectivity index (χ1v) is 7.50. The molecule has 5 heteroatoms. The van der Waals surface area contributed by atoms with E-state index in [0.29, 0.717) is 16.1 Å². The number of amides is 1. The Balaban J connectivity index is 2.31. The fourth-order valence-electron chi connectivity index (χ4n) is 1.89. The van der Waals surface area contributed by atoms with E-state index in [0.717, 1.165) is 0 Å². The van der Waals surface area contributed by atoms with Crippen molar-refractivity contribution in [3.05, 3.63) is 52.2 Å². The molecule has 0 aliphatic carbocycles. The van der Waals surface area contributed by atoms with E-state index >= 15 is 0 Å². The number of nitrogens with zero attached hydrogens (tertiary/aromatic N) is 1. The zero-order valence-electron chi connectivity index (χ0n) is 12.2. The molecule has 0 saturated carbocycles.